The molecule has 1 rings (SSSR count). The first-order valence-corrected chi connectivity index (χ1v) is 10.00. The molecule has 8 heteroatoms. The summed E-state index contributed by atoms with van der Waals surface area (Å²) in [4.78, 5) is 11.7. The lowest BCUT2D eigenvalue weighted by Crippen LogP contribution is -2.54. The van der Waals surface area contributed by atoms with Gasteiger partial charge >= 0.3 is 0 Å². The van der Waals surface area contributed by atoms with Crippen molar-refractivity contribution in [2.75, 3.05) is 18.1 Å². The van der Waals surface area contributed by atoms with Crippen LogP contribution in [0, 0.1) is 0 Å². The Bertz CT molecular complexity index is 377. The quantitative estimate of drug-likeness (QED) is 0.528. The lowest BCUT2D eigenvalue weighted by Gasteiger charge is -2.33. The fourth-order valence-corrected chi connectivity index (χ4v) is 5.34. The Kier molecular flexibility index (Phi) is 8.68. The van der Waals surface area contributed by atoms with Crippen molar-refractivity contribution in [2.45, 2.75) is 69.3 Å². The van der Waals surface area contributed by atoms with Crippen LogP contribution in [0.3, 0.4) is 0 Å². The highest BCUT2D eigenvalue weighted by atomic mass is 32.2. The molecule has 1 amide bonds. The van der Waals surface area contributed by atoms with Gasteiger partial charge in [-0.25, -0.2) is 0 Å². The van der Waals surface area contributed by atoms with Gasteiger partial charge in [-0.2, -0.15) is 0 Å². The molecule has 1 fully saturated rings. The predicted octanol–water partition coefficient (Wildman–Crippen LogP) is 1.20. The van der Waals surface area contributed by atoms with E-state index in [1.807, 2.05) is 0 Å². The molecule has 6 nitrogen and oxygen atoms in total. The van der Waals surface area contributed by atoms with Crippen LogP contribution in [0.1, 0.15) is 34.6 Å². The number of ether oxygens (including phenoxy) is 2. The van der Waals surface area contributed by atoms with E-state index in [4.69, 9.17) is 9.47 Å². The van der Waals surface area contributed by atoms with Crippen molar-refractivity contribution >= 4 is 29.4 Å². The average Bonchev–Trinajstić information content (AvgIpc) is 2.79. The minimum absolute atomic E-state index is 0.0739. The number of hydrogen-bond donors (Lipinski definition) is 3. The molecular formula is C15H29NO5S2. The van der Waals surface area contributed by atoms with Crippen molar-refractivity contribution in [3.63, 3.8) is 0 Å². The van der Waals surface area contributed by atoms with Crippen LogP contribution in [0.4, 0.5) is 0 Å². The van der Waals surface area contributed by atoms with Gasteiger partial charge < -0.3 is 25.0 Å². The monoisotopic (exact) mass is 367 g/mol. The SMILES string of the molecule is CCSC(SCC)[C@@H](NC(C)=O)[C@H]1OC(C)(C)O[C@H]1[C@H](O)CO. The Morgan fingerprint density at radius 1 is 1.22 bits per heavy atom. The van der Waals surface area contributed by atoms with Crippen LogP contribution in [-0.2, 0) is 14.3 Å². The summed E-state index contributed by atoms with van der Waals surface area (Å²) in [6.07, 6.45) is -2.28. The van der Waals surface area contributed by atoms with Crippen LogP contribution in [0.25, 0.3) is 0 Å². The van der Waals surface area contributed by atoms with E-state index in [9.17, 15) is 15.0 Å². The highest BCUT2D eigenvalue weighted by Gasteiger charge is 2.50. The molecule has 0 bridgehead atoms. The number of carbonyl (C=O) groups excluding carboxylic acids is 1. The average molecular weight is 368 g/mol. The van der Waals surface area contributed by atoms with Gasteiger partial charge in [-0.15, -0.1) is 23.5 Å². The third kappa shape index (κ3) is 6.10. The number of amides is 1. The molecule has 1 heterocycles. The minimum Gasteiger partial charge on any atom is -0.394 e. The van der Waals surface area contributed by atoms with Crippen LogP contribution in [0.2, 0.25) is 0 Å². The first-order chi connectivity index (χ1) is 10.8. The van der Waals surface area contributed by atoms with Crippen molar-refractivity contribution in [3.8, 4) is 0 Å². The summed E-state index contributed by atoms with van der Waals surface area (Å²) in [5, 5.41) is 22.4. The Balaban J connectivity index is 3.08. The van der Waals surface area contributed by atoms with Gasteiger partial charge in [-0.3, -0.25) is 4.79 Å². The zero-order valence-corrected chi connectivity index (χ0v) is 16.1. The van der Waals surface area contributed by atoms with Crippen molar-refractivity contribution < 1.29 is 24.5 Å². The summed E-state index contributed by atoms with van der Waals surface area (Å²) >= 11 is 3.46. The van der Waals surface area contributed by atoms with E-state index in [1.54, 1.807) is 37.4 Å². The van der Waals surface area contributed by atoms with Crippen LogP contribution < -0.4 is 5.32 Å². The molecule has 0 aliphatic carbocycles. The van der Waals surface area contributed by atoms with Gasteiger partial charge in [0.15, 0.2) is 5.79 Å². The number of carbonyl (C=O) groups is 1. The second-order valence-electron chi connectivity index (χ2n) is 5.82. The molecule has 4 atom stereocenters. The molecule has 0 aromatic heterocycles. The molecule has 1 aliphatic rings. The topological polar surface area (TPSA) is 88.0 Å². The second-order valence-corrected chi connectivity index (χ2v) is 8.96. The van der Waals surface area contributed by atoms with Gasteiger partial charge in [0.1, 0.15) is 18.3 Å². The second kappa shape index (κ2) is 9.48. The predicted molar refractivity (Wildman–Crippen MR) is 94.6 cm³/mol. The molecule has 3 N–H and O–H groups in total. The lowest BCUT2D eigenvalue weighted by atomic mass is 10.0. The number of aliphatic hydroxyl groups is 2. The zero-order chi connectivity index (χ0) is 17.6. The molecule has 1 aliphatic heterocycles. The number of aliphatic hydroxyl groups excluding tert-OH is 2. The fourth-order valence-electron chi connectivity index (χ4n) is 2.62. The normalized spacial score (nSPS) is 26.3. The number of nitrogens with one attached hydrogen (secondary N) is 1. The van der Waals surface area contributed by atoms with Crippen molar-refractivity contribution in [1.29, 1.82) is 0 Å². The van der Waals surface area contributed by atoms with E-state index in [1.165, 1.54) is 6.92 Å². The van der Waals surface area contributed by atoms with E-state index in [0.29, 0.717) is 0 Å². The summed E-state index contributed by atoms with van der Waals surface area (Å²) in [6, 6.07) is -0.324. The summed E-state index contributed by atoms with van der Waals surface area (Å²) in [7, 11) is 0. The van der Waals surface area contributed by atoms with Gasteiger partial charge in [-0.1, -0.05) is 13.8 Å². The Morgan fingerprint density at radius 2 is 1.74 bits per heavy atom. The largest absolute Gasteiger partial charge is 0.394 e. The highest BCUT2D eigenvalue weighted by molar-refractivity contribution is 8.17. The van der Waals surface area contributed by atoms with Gasteiger partial charge in [0.05, 0.1) is 17.2 Å². The van der Waals surface area contributed by atoms with Crippen LogP contribution in [0.5, 0.6) is 0 Å². The van der Waals surface area contributed by atoms with Crippen LogP contribution >= 0.6 is 23.5 Å². The molecule has 0 aromatic rings. The van der Waals surface area contributed by atoms with E-state index in [2.05, 4.69) is 19.2 Å². The molecule has 0 unspecified atom stereocenters. The third-order valence-electron chi connectivity index (χ3n) is 3.41. The van der Waals surface area contributed by atoms with Gasteiger partial charge in [0.25, 0.3) is 0 Å². The number of rotatable bonds is 9. The molecule has 0 saturated carbocycles. The first kappa shape index (κ1) is 21.1. The van der Waals surface area contributed by atoms with Crippen LogP contribution in [-0.4, -0.2) is 69.0 Å². The van der Waals surface area contributed by atoms with Gasteiger partial charge in [0, 0.05) is 6.92 Å². The number of thioether (sulfide) groups is 2. The molecular weight excluding hydrogens is 338 g/mol. The smallest absolute Gasteiger partial charge is 0.217 e. The van der Waals surface area contributed by atoms with E-state index >= 15 is 0 Å². The summed E-state index contributed by atoms with van der Waals surface area (Å²) in [5.74, 6) is 0.773. The molecule has 0 aromatic carbocycles. The highest BCUT2D eigenvalue weighted by Crippen LogP contribution is 2.37. The van der Waals surface area contributed by atoms with Crippen molar-refractivity contribution in [1.82, 2.24) is 5.32 Å². The maximum atomic E-state index is 11.7. The summed E-state index contributed by atoms with van der Waals surface area (Å²) in [6.45, 7) is 8.72. The van der Waals surface area contributed by atoms with E-state index in [-0.39, 0.29) is 16.5 Å². The standard InChI is InChI=1S/C15H29NO5S2/c1-6-22-14(23-7-2)11(16-9(3)18)13-12(10(19)8-17)20-15(4,5)21-13/h10-14,17,19H,6-8H2,1-5H3,(H,16,18)/t10-,11+,12+,13-/m1/s1. The van der Waals surface area contributed by atoms with Crippen LogP contribution in [0.15, 0.2) is 0 Å². The Morgan fingerprint density at radius 3 is 2.17 bits per heavy atom. The molecule has 136 valence electrons. The zero-order valence-electron chi connectivity index (χ0n) is 14.4. The third-order valence-corrected chi connectivity index (χ3v) is 6.14. The minimum atomic E-state index is -1.06. The molecule has 0 radical (unpaired) electrons. The lowest BCUT2D eigenvalue weighted by molar-refractivity contribution is -0.158. The van der Waals surface area contributed by atoms with Crippen molar-refractivity contribution in [3.05, 3.63) is 0 Å². The maximum Gasteiger partial charge on any atom is 0.217 e. The Labute approximate surface area is 147 Å². The van der Waals surface area contributed by atoms with E-state index < -0.39 is 30.7 Å². The number of hydrogen-bond acceptors (Lipinski definition) is 7. The maximum absolute atomic E-state index is 11.7. The van der Waals surface area contributed by atoms with Gasteiger partial charge in [-0.05, 0) is 25.4 Å². The molecule has 0 spiro atoms. The molecule has 1 saturated heterocycles. The van der Waals surface area contributed by atoms with Crippen molar-refractivity contribution in [2.24, 2.45) is 0 Å². The van der Waals surface area contributed by atoms with E-state index in [0.717, 1.165) is 11.5 Å². The summed E-state index contributed by atoms with van der Waals surface area (Å²) in [5.41, 5.74) is 0. The summed E-state index contributed by atoms with van der Waals surface area (Å²) < 4.78 is 11.8. The first-order valence-electron chi connectivity index (χ1n) is 7.90. The molecule has 23 heavy (non-hydrogen) atoms. The fraction of sp³-hybridized carbons (Fsp3) is 0.933. The Hall–Kier alpha value is 0.01000. The van der Waals surface area contributed by atoms with Gasteiger partial charge in [0.2, 0.25) is 5.91 Å².